The summed E-state index contributed by atoms with van der Waals surface area (Å²) in [4.78, 5) is 0.188. The first-order valence-electron chi connectivity index (χ1n) is 10.5. The van der Waals surface area contributed by atoms with Crippen LogP contribution in [0.2, 0.25) is 0 Å². The van der Waals surface area contributed by atoms with Crippen LogP contribution in [-0.4, -0.2) is 28.7 Å². The predicted molar refractivity (Wildman–Crippen MR) is 117 cm³/mol. The van der Waals surface area contributed by atoms with Gasteiger partial charge in [0.2, 0.25) is 10.0 Å². The number of sulfonamides is 1. The average Bonchev–Trinajstić information content (AvgIpc) is 2.74. The van der Waals surface area contributed by atoms with E-state index in [-0.39, 0.29) is 4.90 Å². The highest BCUT2D eigenvalue weighted by molar-refractivity contribution is 7.89. The fourth-order valence-electron chi connectivity index (χ4n) is 3.81. The SMILES string of the molecule is CCOc1ccc([C@H](C)NS(=O)(=O)c2cc3c(cc2OC)CCCC3)cc1OCC. The van der Waals surface area contributed by atoms with E-state index in [2.05, 4.69) is 4.72 Å². The van der Waals surface area contributed by atoms with Gasteiger partial charge in [0.25, 0.3) is 0 Å². The van der Waals surface area contributed by atoms with Crippen LogP contribution in [0.4, 0.5) is 0 Å². The molecule has 3 rings (SSSR count). The van der Waals surface area contributed by atoms with Crippen LogP contribution in [0.1, 0.15) is 56.3 Å². The molecule has 0 bridgehead atoms. The molecule has 0 unspecified atom stereocenters. The quantitative estimate of drug-likeness (QED) is 0.634. The van der Waals surface area contributed by atoms with Crippen LogP contribution < -0.4 is 18.9 Å². The first kappa shape index (κ1) is 22.4. The van der Waals surface area contributed by atoms with E-state index in [0.29, 0.717) is 30.5 Å². The van der Waals surface area contributed by atoms with Gasteiger partial charge in [0.15, 0.2) is 11.5 Å². The number of hydrogen-bond donors (Lipinski definition) is 1. The Kier molecular flexibility index (Phi) is 7.26. The summed E-state index contributed by atoms with van der Waals surface area (Å²) in [6.07, 6.45) is 4.06. The molecule has 2 aromatic rings. The first-order valence-corrected chi connectivity index (χ1v) is 12.0. The van der Waals surface area contributed by atoms with E-state index in [1.165, 1.54) is 12.7 Å². The molecular weight excluding hydrogens is 402 g/mol. The lowest BCUT2D eigenvalue weighted by atomic mass is 9.92. The fourth-order valence-corrected chi connectivity index (χ4v) is 5.24. The fraction of sp³-hybridized carbons (Fsp3) is 0.478. The number of aryl methyl sites for hydroxylation is 2. The van der Waals surface area contributed by atoms with E-state index in [1.54, 1.807) is 6.07 Å². The monoisotopic (exact) mass is 433 g/mol. The zero-order chi connectivity index (χ0) is 21.7. The largest absolute Gasteiger partial charge is 0.495 e. The molecule has 1 aliphatic carbocycles. The molecule has 0 aromatic heterocycles. The lowest BCUT2D eigenvalue weighted by Crippen LogP contribution is -2.27. The highest BCUT2D eigenvalue weighted by Crippen LogP contribution is 2.34. The van der Waals surface area contributed by atoms with Crippen LogP contribution in [0.25, 0.3) is 0 Å². The Morgan fingerprint density at radius 3 is 2.20 bits per heavy atom. The van der Waals surface area contributed by atoms with Crippen molar-refractivity contribution in [3.8, 4) is 17.2 Å². The van der Waals surface area contributed by atoms with Crippen LogP contribution >= 0.6 is 0 Å². The zero-order valence-electron chi connectivity index (χ0n) is 18.2. The van der Waals surface area contributed by atoms with E-state index in [4.69, 9.17) is 14.2 Å². The molecule has 0 amide bonds. The van der Waals surface area contributed by atoms with Crippen LogP contribution in [0.5, 0.6) is 17.2 Å². The maximum absolute atomic E-state index is 13.2. The van der Waals surface area contributed by atoms with Gasteiger partial charge in [-0.3, -0.25) is 0 Å². The second-order valence-corrected chi connectivity index (χ2v) is 9.08. The molecular formula is C23H31NO5S. The minimum Gasteiger partial charge on any atom is -0.495 e. The Bertz CT molecular complexity index is 987. The molecule has 1 N–H and O–H groups in total. The summed E-state index contributed by atoms with van der Waals surface area (Å²) in [6, 6.07) is 8.68. The third-order valence-electron chi connectivity index (χ3n) is 5.32. The van der Waals surface area contributed by atoms with Crippen molar-refractivity contribution in [2.45, 2.75) is 57.4 Å². The number of benzene rings is 2. The Balaban J connectivity index is 1.89. The Labute approximate surface area is 179 Å². The number of rotatable bonds is 9. The standard InChI is InChI=1S/C23H31NO5S/c1-5-28-20-12-11-17(13-21(20)29-6-2)16(3)24-30(25,26)23-15-19-10-8-7-9-18(19)14-22(23)27-4/h11-16,24H,5-10H2,1-4H3/t16-/m0/s1. The molecule has 0 heterocycles. The average molecular weight is 434 g/mol. The van der Waals surface area contributed by atoms with Gasteiger partial charge in [-0.05, 0) is 87.4 Å². The van der Waals surface area contributed by atoms with Crippen LogP contribution in [-0.2, 0) is 22.9 Å². The molecule has 0 saturated heterocycles. The van der Waals surface area contributed by atoms with E-state index >= 15 is 0 Å². The molecule has 1 aliphatic rings. The van der Waals surface area contributed by atoms with Gasteiger partial charge in [-0.2, -0.15) is 0 Å². The van der Waals surface area contributed by atoms with Crippen molar-refractivity contribution in [2.24, 2.45) is 0 Å². The molecule has 0 saturated carbocycles. The maximum atomic E-state index is 13.2. The van der Waals surface area contributed by atoms with Gasteiger partial charge < -0.3 is 14.2 Å². The second kappa shape index (κ2) is 9.71. The van der Waals surface area contributed by atoms with E-state index in [9.17, 15) is 8.42 Å². The third kappa shape index (κ3) is 4.90. The van der Waals surface area contributed by atoms with Gasteiger partial charge in [0.05, 0.1) is 20.3 Å². The lowest BCUT2D eigenvalue weighted by molar-refractivity contribution is 0.287. The second-order valence-electron chi connectivity index (χ2n) is 7.39. The highest BCUT2D eigenvalue weighted by Gasteiger charge is 2.25. The van der Waals surface area contributed by atoms with Crippen molar-refractivity contribution in [1.29, 1.82) is 0 Å². The zero-order valence-corrected chi connectivity index (χ0v) is 19.0. The van der Waals surface area contributed by atoms with Crippen molar-refractivity contribution in [2.75, 3.05) is 20.3 Å². The molecule has 0 radical (unpaired) electrons. The number of nitrogens with one attached hydrogen (secondary N) is 1. The minimum absolute atomic E-state index is 0.188. The van der Waals surface area contributed by atoms with E-state index < -0.39 is 16.1 Å². The van der Waals surface area contributed by atoms with Crippen LogP contribution in [0.3, 0.4) is 0 Å². The minimum atomic E-state index is -3.78. The van der Waals surface area contributed by atoms with Gasteiger partial charge in [0.1, 0.15) is 10.6 Å². The smallest absolute Gasteiger partial charge is 0.244 e. The van der Waals surface area contributed by atoms with Crippen molar-refractivity contribution in [1.82, 2.24) is 4.72 Å². The van der Waals surface area contributed by atoms with Crippen molar-refractivity contribution >= 4 is 10.0 Å². The molecule has 0 fully saturated rings. The summed E-state index contributed by atoms with van der Waals surface area (Å²) < 4.78 is 45.9. The van der Waals surface area contributed by atoms with Gasteiger partial charge in [-0.15, -0.1) is 0 Å². The molecule has 7 heteroatoms. The molecule has 164 valence electrons. The Hall–Kier alpha value is -2.25. The van der Waals surface area contributed by atoms with Crippen molar-refractivity contribution in [3.05, 3.63) is 47.0 Å². The molecule has 0 aliphatic heterocycles. The topological polar surface area (TPSA) is 73.9 Å². The van der Waals surface area contributed by atoms with Crippen molar-refractivity contribution in [3.63, 3.8) is 0 Å². The normalized spacial score (nSPS) is 14.7. The van der Waals surface area contributed by atoms with Gasteiger partial charge in [-0.1, -0.05) is 6.07 Å². The first-order chi connectivity index (χ1) is 14.4. The number of ether oxygens (including phenoxy) is 3. The Morgan fingerprint density at radius 1 is 0.933 bits per heavy atom. The highest BCUT2D eigenvalue weighted by atomic mass is 32.2. The summed E-state index contributed by atoms with van der Waals surface area (Å²) in [6.45, 7) is 6.65. The van der Waals surface area contributed by atoms with Gasteiger partial charge in [-0.25, -0.2) is 13.1 Å². The summed E-state index contributed by atoms with van der Waals surface area (Å²) in [5.41, 5.74) is 3.06. The van der Waals surface area contributed by atoms with Gasteiger partial charge >= 0.3 is 0 Å². The summed E-state index contributed by atoms with van der Waals surface area (Å²) >= 11 is 0. The predicted octanol–water partition coefficient (Wildman–Crippen LogP) is 4.41. The number of hydrogen-bond acceptors (Lipinski definition) is 5. The van der Waals surface area contributed by atoms with E-state index in [1.807, 2.05) is 45.0 Å². The molecule has 0 spiro atoms. The van der Waals surface area contributed by atoms with Gasteiger partial charge in [0, 0.05) is 6.04 Å². The van der Waals surface area contributed by atoms with Crippen LogP contribution in [0, 0.1) is 0 Å². The number of fused-ring (bicyclic) bond motifs is 1. The van der Waals surface area contributed by atoms with Crippen LogP contribution in [0.15, 0.2) is 35.2 Å². The van der Waals surface area contributed by atoms with E-state index in [0.717, 1.165) is 36.8 Å². The molecule has 30 heavy (non-hydrogen) atoms. The number of methoxy groups -OCH3 is 1. The molecule has 6 nitrogen and oxygen atoms in total. The molecule has 2 aromatic carbocycles. The lowest BCUT2D eigenvalue weighted by Gasteiger charge is -2.21. The summed E-state index contributed by atoms with van der Waals surface area (Å²) in [7, 11) is -2.27. The molecule has 1 atom stereocenters. The summed E-state index contributed by atoms with van der Waals surface area (Å²) in [5.74, 6) is 1.64. The van der Waals surface area contributed by atoms with Crippen molar-refractivity contribution < 1.29 is 22.6 Å². The summed E-state index contributed by atoms with van der Waals surface area (Å²) in [5, 5.41) is 0. The third-order valence-corrected chi connectivity index (χ3v) is 6.88. The Morgan fingerprint density at radius 2 is 1.57 bits per heavy atom. The maximum Gasteiger partial charge on any atom is 0.244 e.